The molecule has 0 atom stereocenters. The second-order valence-electron chi connectivity index (χ2n) is 2.48. The molecule has 0 aromatic heterocycles. The molecule has 80 valence electrons. The topological polar surface area (TPSA) is 54.4 Å². The Labute approximate surface area is 79.9 Å². The highest BCUT2D eigenvalue weighted by Gasteiger charge is 2.26. The maximum atomic E-state index is 12.8. The highest BCUT2D eigenvalue weighted by Crippen LogP contribution is 2.19. The molecule has 1 aromatic rings. The highest BCUT2D eigenvalue weighted by molar-refractivity contribution is 6.39. The van der Waals surface area contributed by atoms with Gasteiger partial charge in [0, 0.05) is 0 Å². The highest BCUT2D eigenvalue weighted by atomic mass is 19.2. The van der Waals surface area contributed by atoms with E-state index in [1.807, 2.05) is 0 Å². The minimum atomic E-state index is -2.22. The van der Waals surface area contributed by atoms with Gasteiger partial charge in [-0.15, -0.1) is 0 Å². The zero-order valence-corrected chi connectivity index (χ0v) is 6.85. The maximum Gasteiger partial charge on any atom is 0.377 e. The zero-order chi connectivity index (χ0) is 11.7. The average molecular weight is 222 g/mol. The van der Waals surface area contributed by atoms with Crippen LogP contribution < -0.4 is 0 Å². The number of carboxylic acids is 1. The largest absolute Gasteiger partial charge is 0.475 e. The Morgan fingerprint density at radius 2 is 1.53 bits per heavy atom. The van der Waals surface area contributed by atoms with Crippen molar-refractivity contribution in [1.29, 1.82) is 0 Å². The van der Waals surface area contributed by atoms with E-state index in [2.05, 4.69) is 0 Å². The van der Waals surface area contributed by atoms with Crippen molar-refractivity contribution in [2.24, 2.45) is 0 Å². The molecule has 1 aromatic carbocycles. The van der Waals surface area contributed by atoms with E-state index < -0.39 is 40.6 Å². The molecule has 0 aliphatic heterocycles. The molecular weight excluding hydrogens is 220 g/mol. The molecular formula is C8H2F4O3. The number of ketones is 1. The lowest BCUT2D eigenvalue weighted by atomic mass is 10.1. The normalized spacial score (nSPS) is 10.1. The fraction of sp³-hybridized carbons (Fsp3) is 0. The summed E-state index contributed by atoms with van der Waals surface area (Å²) in [6.45, 7) is 0. The van der Waals surface area contributed by atoms with Crippen molar-refractivity contribution in [2.75, 3.05) is 0 Å². The van der Waals surface area contributed by atoms with Gasteiger partial charge in [-0.05, 0) is 6.07 Å². The van der Waals surface area contributed by atoms with Crippen LogP contribution in [0.5, 0.6) is 0 Å². The van der Waals surface area contributed by atoms with E-state index in [4.69, 9.17) is 5.11 Å². The fourth-order valence-corrected chi connectivity index (χ4v) is 0.853. The van der Waals surface area contributed by atoms with Crippen molar-refractivity contribution < 1.29 is 32.3 Å². The number of Topliss-reactive ketones (excluding diaryl/α,β-unsaturated/α-hetero) is 1. The number of carboxylic acid groups (broad SMARTS) is 1. The Balaban J connectivity index is 3.45. The number of benzene rings is 1. The second kappa shape index (κ2) is 3.68. The van der Waals surface area contributed by atoms with Crippen molar-refractivity contribution in [3.8, 4) is 0 Å². The molecule has 0 bridgehead atoms. The van der Waals surface area contributed by atoms with Crippen LogP contribution in [0.1, 0.15) is 10.4 Å². The number of aliphatic carboxylic acids is 1. The van der Waals surface area contributed by atoms with E-state index in [-0.39, 0.29) is 6.07 Å². The zero-order valence-electron chi connectivity index (χ0n) is 6.85. The number of hydrogen-bond donors (Lipinski definition) is 1. The molecule has 0 unspecified atom stereocenters. The Bertz CT molecular complexity index is 456. The number of hydrogen-bond acceptors (Lipinski definition) is 2. The predicted molar refractivity (Wildman–Crippen MR) is 38.2 cm³/mol. The molecule has 0 aliphatic carbocycles. The van der Waals surface area contributed by atoms with Crippen LogP contribution in [0.15, 0.2) is 6.07 Å². The lowest BCUT2D eigenvalue weighted by molar-refractivity contribution is -0.131. The Morgan fingerprint density at radius 3 is 2.00 bits per heavy atom. The van der Waals surface area contributed by atoms with Gasteiger partial charge in [0.25, 0.3) is 5.78 Å². The van der Waals surface area contributed by atoms with Crippen LogP contribution in [0.3, 0.4) is 0 Å². The summed E-state index contributed by atoms with van der Waals surface area (Å²) < 4.78 is 50.2. The van der Waals surface area contributed by atoms with Crippen LogP contribution >= 0.6 is 0 Å². The summed E-state index contributed by atoms with van der Waals surface area (Å²) in [5.41, 5.74) is -1.36. The van der Waals surface area contributed by atoms with Gasteiger partial charge in [0.15, 0.2) is 23.3 Å². The molecule has 0 spiro atoms. The first kappa shape index (κ1) is 11.2. The monoisotopic (exact) mass is 222 g/mol. The van der Waals surface area contributed by atoms with Gasteiger partial charge in [0.1, 0.15) is 0 Å². The number of rotatable bonds is 2. The van der Waals surface area contributed by atoms with Gasteiger partial charge >= 0.3 is 5.97 Å². The van der Waals surface area contributed by atoms with Crippen molar-refractivity contribution >= 4 is 11.8 Å². The molecule has 0 saturated carbocycles. The van der Waals surface area contributed by atoms with Crippen LogP contribution in [-0.2, 0) is 4.79 Å². The molecule has 0 fully saturated rings. The van der Waals surface area contributed by atoms with Crippen LogP contribution in [-0.4, -0.2) is 16.9 Å². The van der Waals surface area contributed by atoms with E-state index in [0.717, 1.165) is 0 Å². The molecule has 15 heavy (non-hydrogen) atoms. The summed E-state index contributed by atoms with van der Waals surface area (Å²) >= 11 is 0. The van der Waals surface area contributed by atoms with E-state index in [1.165, 1.54) is 0 Å². The van der Waals surface area contributed by atoms with Crippen molar-refractivity contribution in [3.05, 3.63) is 34.9 Å². The third kappa shape index (κ3) is 1.80. The molecule has 0 aliphatic rings. The standard InChI is InChI=1S/C8H2F4O3/c9-3-1-2(7(13)8(14)15)4(10)6(12)5(3)11/h1H,(H,14,15). The molecule has 0 amide bonds. The van der Waals surface area contributed by atoms with Gasteiger partial charge in [-0.3, -0.25) is 4.79 Å². The molecule has 3 nitrogen and oxygen atoms in total. The number of halogens is 4. The molecule has 0 heterocycles. The smallest absolute Gasteiger partial charge is 0.377 e. The first-order chi connectivity index (χ1) is 6.86. The average Bonchev–Trinajstić information content (AvgIpc) is 2.19. The molecule has 7 heteroatoms. The third-order valence-corrected chi connectivity index (χ3v) is 1.54. The van der Waals surface area contributed by atoms with Gasteiger partial charge in [-0.1, -0.05) is 0 Å². The summed E-state index contributed by atoms with van der Waals surface area (Å²) in [6, 6.07) is -0.00972. The molecule has 1 rings (SSSR count). The van der Waals surface area contributed by atoms with Crippen LogP contribution in [0.2, 0.25) is 0 Å². The van der Waals surface area contributed by atoms with Crippen LogP contribution in [0.4, 0.5) is 17.6 Å². The van der Waals surface area contributed by atoms with Crippen LogP contribution in [0.25, 0.3) is 0 Å². The lowest BCUT2D eigenvalue weighted by Crippen LogP contribution is -2.16. The van der Waals surface area contributed by atoms with Crippen molar-refractivity contribution in [2.45, 2.75) is 0 Å². The van der Waals surface area contributed by atoms with Gasteiger partial charge in [-0.2, -0.15) is 0 Å². The number of carbonyl (C=O) groups excluding carboxylic acids is 1. The summed E-state index contributed by atoms with van der Waals surface area (Å²) in [6.07, 6.45) is 0. The lowest BCUT2D eigenvalue weighted by Gasteiger charge is -2.01. The summed E-state index contributed by atoms with van der Waals surface area (Å²) in [5.74, 6) is -12.1. The SMILES string of the molecule is O=C(O)C(=O)c1cc(F)c(F)c(F)c1F. The van der Waals surface area contributed by atoms with E-state index >= 15 is 0 Å². The maximum absolute atomic E-state index is 12.8. The number of carbonyl (C=O) groups is 2. The first-order valence-corrected chi connectivity index (χ1v) is 3.47. The molecule has 0 radical (unpaired) electrons. The molecule has 0 saturated heterocycles. The van der Waals surface area contributed by atoms with Gasteiger partial charge in [0.05, 0.1) is 5.56 Å². The third-order valence-electron chi connectivity index (χ3n) is 1.54. The quantitative estimate of drug-likeness (QED) is 0.271. The van der Waals surface area contributed by atoms with Crippen molar-refractivity contribution in [1.82, 2.24) is 0 Å². The second-order valence-corrected chi connectivity index (χ2v) is 2.48. The summed E-state index contributed by atoms with van der Waals surface area (Å²) in [7, 11) is 0. The van der Waals surface area contributed by atoms with Gasteiger partial charge < -0.3 is 5.11 Å². The Hall–Kier alpha value is -1.92. The Kier molecular flexibility index (Phi) is 2.74. The van der Waals surface area contributed by atoms with E-state index in [1.54, 1.807) is 0 Å². The van der Waals surface area contributed by atoms with E-state index in [0.29, 0.717) is 0 Å². The minimum absolute atomic E-state index is 0.00972. The van der Waals surface area contributed by atoms with Gasteiger partial charge in [-0.25, -0.2) is 22.4 Å². The van der Waals surface area contributed by atoms with E-state index in [9.17, 15) is 27.2 Å². The first-order valence-electron chi connectivity index (χ1n) is 3.47. The van der Waals surface area contributed by atoms with Crippen LogP contribution in [0, 0.1) is 23.3 Å². The summed E-state index contributed by atoms with van der Waals surface area (Å²) in [5, 5.41) is 8.16. The van der Waals surface area contributed by atoms with Gasteiger partial charge in [0.2, 0.25) is 0 Å². The summed E-state index contributed by atoms with van der Waals surface area (Å²) in [4.78, 5) is 20.8. The fourth-order valence-electron chi connectivity index (χ4n) is 0.853. The van der Waals surface area contributed by atoms with Crippen molar-refractivity contribution in [3.63, 3.8) is 0 Å². The Morgan fingerprint density at radius 1 is 1.00 bits per heavy atom. The predicted octanol–water partition coefficient (Wildman–Crippen LogP) is 1.51. The minimum Gasteiger partial charge on any atom is -0.475 e. The molecule has 1 N–H and O–H groups in total.